The van der Waals surface area contributed by atoms with Crippen molar-refractivity contribution in [3.8, 4) is 0 Å². The summed E-state index contributed by atoms with van der Waals surface area (Å²) in [4.78, 5) is 21.0. The van der Waals surface area contributed by atoms with Gasteiger partial charge in [0.2, 0.25) is 11.8 Å². The van der Waals surface area contributed by atoms with Crippen LogP contribution in [-0.4, -0.2) is 41.6 Å². The molecule has 3 rings (SSSR count). The van der Waals surface area contributed by atoms with Crippen molar-refractivity contribution in [2.24, 2.45) is 4.99 Å². The number of aliphatic imine (C=N–C) groups is 1. The Bertz CT molecular complexity index is 836. The van der Waals surface area contributed by atoms with Crippen LogP contribution >= 0.6 is 24.0 Å². The lowest BCUT2D eigenvalue weighted by Gasteiger charge is -2.24. The molecular formula is C20H29IN6O2. The van der Waals surface area contributed by atoms with Gasteiger partial charge >= 0.3 is 0 Å². The van der Waals surface area contributed by atoms with E-state index in [0.717, 1.165) is 29.6 Å². The minimum atomic E-state index is 0. The van der Waals surface area contributed by atoms with E-state index < -0.39 is 0 Å². The molecule has 158 valence electrons. The maximum atomic E-state index is 12.0. The number of rotatable bonds is 7. The molecule has 8 nitrogen and oxygen atoms in total. The number of halogens is 1. The van der Waals surface area contributed by atoms with Gasteiger partial charge in [-0.25, -0.2) is 0 Å². The average Bonchev–Trinajstić information content (AvgIpc) is 3.15. The molecule has 1 unspecified atom stereocenters. The topological polar surface area (TPSA) is 104 Å². The Labute approximate surface area is 188 Å². The molecule has 0 spiro atoms. The summed E-state index contributed by atoms with van der Waals surface area (Å²) in [6.07, 6.45) is 1.07. The van der Waals surface area contributed by atoms with Gasteiger partial charge in [-0.2, -0.15) is 4.98 Å². The van der Waals surface area contributed by atoms with E-state index in [9.17, 15) is 4.79 Å². The molecule has 0 saturated carbocycles. The number of guanidine groups is 1. The molecule has 0 radical (unpaired) electrons. The number of para-hydroxylation sites is 1. The number of hydrogen-bond acceptors (Lipinski definition) is 5. The average molecular weight is 512 g/mol. The van der Waals surface area contributed by atoms with Crippen molar-refractivity contribution in [2.75, 3.05) is 25.0 Å². The Hall–Kier alpha value is -2.17. The second kappa shape index (κ2) is 11.1. The Morgan fingerprint density at radius 2 is 2.14 bits per heavy atom. The molecule has 2 aromatic rings. The number of benzene rings is 1. The van der Waals surface area contributed by atoms with Crippen molar-refractivity contribution in [1.29, 1.82) is 0 Å². The first-order chi connectivity index (χ1) is 13.6. The van der Waals surface area contributed by atoms with E-state index in [0.29, 0.717) is 31.8 Å². The summed E-state index contributed by atoms with van der Waals surface area (Å²) in [5.41, 5.74) is 2.02. The molecule has 1 aliphatic heterocycles. The molecule has 1 aliphatic rings. The second-order valence-electron chi connectivity index (χ2n) is 7.13. The number of fused-ring (bicyclic) bond motifs is 1. The van der Waals surface area contributed by atoms with Gasteiger partial charge in [0, 0.05) is 43.5 Å². The number of anilines is 1. The third-order valence-electron chi connectivity index (χ3n) is 4.55. The van der Waals surface area contributed by atoms with Crippen LogP contribution in [0, 0.1) is 0 Å². The van der Waals surface area contributed by atoms with Crippen molar-refractivity contribution >= 4 is 41.5 Å². The van der Waals surface area contributed by atoms with Gasteiger partial charge in [-0.1, -0.05) is 37.2 Å². The summed E-state index contributed by atoms with van der Waals surface area (Å²) in [5, 5.41) is 13.4. The molecule has 3 N–H and O–H groups in total. The highest BCUT2D eigenvalue weighted by Gasteiger charge is 2.24. The molecule has 0 saturated heterocycles. The van der Waals surface area contributed by atoms with E-state index in [2.05, 4.69) is 37.1 Å². The van der Waals surface area contributed by atoms with Crippen molar-refractivity contribution in [3.05, 3.63) is 41.5 Å². The Kier molecular flexibility index (Phi) is 8.87. The molecule has 0 fully saturated rings. The van der Waals surface area contributed by atoms with E-state index in [1.165, 1.54) is 0 Å². The Morgan fingerprint density at radius 3 is 2.86 bits per heavy atom. The first-order valence-corrected chi connectivity index (χ1v) is 9.80. The van der Waals surface area contributed by atoms with Crippen molar-refractivity contribution in [3.63, 3.8) is 0 Å². The second-order valence-corrected chi connectivity index (χ2v) is 7.13. The highest BCUT2D eigenvalue weighted by atomic mass is 127. The third-order valence-corrected chi connectivity index (χ3v) is 4.55. The maximum absolute atomic E-state index is 12.0. The number of hydrogen-bond donors (Lipinski definition) is 3. The van der Waals surface area contributed by atoms with Gasteiger partial charge in [0.15, 0.2) is 11.8 Å². The zero-order chi connectivity index (χ0) is 19.9. The molecule has 0 bridgehead atoms. The summed E-state index contributed by atoms with van der Waals surface area (Å²) >= 11 is 0. The summed E-state index contributed by atoms with van der Waals surface area (Å²) in [6, 6.07) is 7.91. The molecular weight excluding hydrogens is 483 g/mol. The molecule has 1 aromatic heterocycles. The van der Waals surface area contributed by atoms with Crippen LogP contribution in [0.25, 0.3) is 0 Å². The summed E-state index contributed by atoms with van der Waals surface area (Å²) in [6.45, 7) is 8.02. The van der Waals surface area contributed by atoms with Gasteiger partial charge in [0.1, 0.15) is 0 Å². The lowest BCUT2D eigenvalue weighted by Crippen LogP contribution is -2.39. The monoisotopic (exact) mass is 512 g/mol. The third kappa shape index (κ3) is 6.41. The van der Waals surface area contributed by atoms with Crippen LogP contribution in [0.5, 0.6) is 0 Å². The quantitative estimate of drug-likeness (QED) is 0.300. The number of carbonyl (C=O) groups is 1. The van der Waals surface area contributed by atoms with Gasteiger partial charge in [0.05, 0.1) is 6.54 Å². The van der Waals surface area contributed by atoms with E-state index in [4.69, 9.17) is 4.52 Å². The minimum Gasteiger partial charge on any atom is -0.357 e. The van der Waals surface area contributed by atoms with Crippen LogP contribution in [-0.2, 0) is 11.2 Å². The predicted octanol–water partition coefficient (Wildman–Crippen LogP) is 3.03. The van der Waals surface area contributed by atoms with Gasteiger partial charge in [-0.3, -0.25) is 9.79 Å². The lowest BCUT2D eigenvalue weighted by atomic mass is 9.91. The fraction of sp³-hybridized carbons (Fsp3) is 0.500. The van der Waals surface area contributed by atoms with E-state index >= 15 is 0 Å². The van der Waals surface area contributed by atoms with Crippen LogP contribution in [0.1, 0.15) is 56.3 Å². The molecule has 0 aliphatic carbocycles. The first kappa shape index (κ1) is 23.1. The van der Waals surface area contributed by atoms with Crippen LogP contribution in [0.4, 0.5) is 5.69 Å². The number of nitrogens with zero attached hydrogens (tertiary/aromatic N) is 3. The van der Waals surface area contributed by atoms with Gasteiger partial charge < -0.3 is 20.5 Å². The van der Waals surface area contributed by atoms with Crippen molar-refractivity contribution < 1.29 is 9.32 Å². The zero-order valence-electron chi connectivity index (χ0n) is 17.1. The molecule has 29 heavy (non-hydrogen) atoms. The Balaban J connectivity index is 0.00000300. The van der Waals surface area contributed by atoms with Gasteiger partial charge in [-0.15, -0.1) is 24.0 Å². The fourth-order valence-electron chi connectivity index (χ4n) is 3.10. The smallest absolute Gasteiger partial charge is 0.228 e. The van der Waals surface area contributed by atoms with Crippen LogP contribution in [0.2, 0.25) is 0 Å². The normalized spacial score (nSPS) is 16.1. The molecule has 1 aromatic carbocycles. The molecule has 1 atom stereocenters. The summed E-state index contributed by atoms with van der Waals surface area (Å²) < 4.78 is 5.27. The standard InChI is InChI=1S/C20H28N6O2.HI/c1-4-21-20(22-10-9-18-25-19(13(2)3)26-28-18)23-12-14-11-17(27)24-16-8-6-5-7-15(14)16;/h5-8,13-14H,4,9-12H2,1-3H3,(H,24,27)(H2,21,22,23);1H. The number of nitrogens with one attached hydrogen (secondary N) is 3. The first-order valence-electron chi connectivity index (χ1n) is 9.80. The summed E-state index contributed by atoms with van der Waals surface area (Å²) in [5.74, 6) is 2.42. The predicted molar refractivity (Wildman–Crippen MR) is 124 cm³/mol. The highest BCUT2D eigenvalue weighted by molar-refractivity contribution is 14.0. The van der Waals surface area contributed by atoms with Crippen LogP contribution < -0.4 is 16.0 Å². The van der Waals surface area contributed by atoms with Crippen molar-refractivity contribution in [2.45, 2.75) is 45.4 Å². The molecule has 9 heteroatoms. The maximum Gasteiger partial charge on any atom is 0.228 e. The minimum absolute atomic E-state index is 0. The van der Waals surface area contributed by atoms with E-state index in [1.54, 1.807) is 0 Å². The van der Waals surface area contributed by atoms with E-state index in [1.807, 2.05) is 39.0 Å². The van der Waals surface area contributed by atoms with E-state index in [-0.39, 0.29) is 41.7 Å². The Morgan fingerprint density at radius 1 is 1.34 bits per heavy atom. The SMILES string of the molecule is CCNC(=NCC1CC(=O)Nc2ccccc21)NCCc1nc(C(C)C)no1.I. The summed E-state index contributed by atoms with van der Waals surface area (Å²) in [7, 11) is 0. The fourth-order valence-corrected chi connectivity index (χ4v) is 3.10. The van der Waals surface area contributed by atoms with Crippen LogP contribution in [0.3, 0.4) is 0 Å². The number of carbonyl (C=O) groups excluding carboxylic acids is 1. The van der Waals surface area contributed by atoms with Gasteiger partial charge in [-0.05, 0) is 18.6 Å². The number of amides is 1. The van der Waals surface area contributed by atoms with Crippen LogP contribution in [0.15, 0.2) is 33.8 Å². The molecule has 1 amide bonds. The molecule has 2 heterocycles. The zero-order valence-corrected chi connectivity index (χ0v) is 19.4. The highest BCUT2D eigenvalue weighted by Crippen LogP contribution is 2.31. The van der Waals surface area contributed by atoms with Gasteiger partial charge in [0.25, 0.3) is 0 Å². The number of aromatic nitrogens is 2. The largest absolute Gasteiger partial charge is 0.357 e. The lowest BCUT2D eigenvalue weighted by molar-refractivity contribution is -0.116. The van der Waals surface area contributed by atoms with Crippen molar-refractivity contribution in [1.82, 2.24) is 20.8 Å².